The van der Waals surface area contributed by atoms with Gasteiger partial charge in [-0.05, 0) is 50.3 Å². The first-order chi connectivity index (χ1) is 18.5. The molecule has 3 N–H and O–H groups in total. The summed E-state index contributed by atoms with van der Waals surface area (Å²) >= 11 is 0. The number of aryl methyl sites for hydroxylation is 1. The Morgan fingerprint density at radius 2 is 1.89 bits per heavy atom. The van der Waals surface area contributed by atoms with E-state index in [-0.39, 0.29) is 23.8 Å². The topological polar surface area (TPSA) is 125 Å². The molecular weight excluding hydrogens is 480 g/mol. The highest BCUT2D eigenvalue weighted by Gasteiger charge is 2.31. The summed E-state index contributed by atoms with van der Waals surface area (Å²) in [5.74, 6) is -0.0307. The average Bonchev–Trinajstić information content (AvgIpc) is 3.33. The number of aromatic nitrogens is 4. The van der Waals surface area contributed by atoms with Crippen LogP contribution >= 0.6 is 0 Å². The van der Waals surface area contributed by atoms with Crippen LogP contribution < -0.4 is 11.1 Å². The molecule has 2 heterocycles. The number of benzene rings is 2. The molecule has 5 rings (SSSR count). The molecule has 2 aromatic carbocycles. The number of hydrogen-bond donors (Lipinski definition) is 2. The maximum Gasteiger partial charge on any atom is 0.308 e. The number of carbonyl (C=O) groups excluding carboxylic acids is 2. The summed E-state index contributed by atoms with van der Waals surface area (Å²) in [5.41, 5.74) is 11.1. The van der Waals surface area contributed by atoms with E-state index in [9.17, 15) is 9.59 Å². The van der Waals surface area contributed by atoms with Crippen LogP contribution in [-0.4, -0.2) is 38.2 Å². The monoisotopic (exact) mass is 512 g/mol. The van der Waals surface area contributed by atoms with Crippen molar-refractivity contribution in [2.75, 3.05) is 12.3 Å². The van der Waals surface area contributed by atoms with Crippen LogP contribution in [0.25, 0.3) is 22.3 Å². The quantitative estimate of drug-likeness (QED) is 0.347. The van der Waals surface area contributed by atoms with Gasteiger partial charge in [-0.2, -0.15) is 5.10 Å². The predicted octanol–water partition coefficient (Wildman–Crippen LogP) is 4.61. The lowest BCUT2D eigenvalue weighted by molar-refractivity contribution is -0.149. The molecule has 1 saturated carbocycles. The van der Waals surface area contributed by atoms with E-state index in [0.717, 1.165) is 36.0 Å². The summed E-state index contributed by atoms with van der Waals surface area (Å²) < 4.78 is 7.19. The summed E-state index contributed by atoms with van der Waals surface area (Å²) in [6, 6.07) is 15.4. The second kappa shape index (κ2) is 11.0. The van der Waals surface area contributed by atoms with Crippen molar-refractivity contribution in [3.05, 3.63) is 71.5 Å². The van der Waals surface area contributed by atoms with Crippen LogP contribution in [0.1, 0.15) is 60.1 Å². The molecule has 4 aromatic rings. The predicted molar refractivity (Wildman–Crippen MR) is 145 cm³/mol. The molecule has 9 heteroatoms. The highest BCUT2D eigenvalue weighted by atomic mass is 16.5. The molecule has 1 fully saturated rings. The molecule has 2 aromatic heterocycles. The number of ether oxygens (including phenoxy) is 1. The SMILES string of the molecule is CCOC(=O)C1CCCC(n2nc(-c3ccc(CNC(=O)c4ccccc4C)cc3)c3c(N)ncnc32)C1. The van der Waals surface area contributed by atoms with Crippen molar-refractivity contribution < 1.29 is 14.3 Å². The van der Waals surface area contributed by atoms with Crippen molar-refractivity contribution in [1.29, 1.82) is 0 Å². The van der Waals surface area contributed by atoms with Crippen LogP contribution in [0.5, 0.6) is 0 Å². The van der Waals surface area contributed by atoms with Crippen molar-refractivity contribution in [2.45, 2.75) is 52.1 Å². The Morgan fingerprint density at radius 1 is 1.11 bits per heavy atom. The van der Waals surface area contributed by atoms with Crippen molar-refractivity contribution in [1.82, 2.24) is 25.1 Å². The van der Waals surface area contributed by atoms with Gasteiger partial charge in [0.2, 0.25) is 0 Å². The van der Waals surface area contributed by atoms with Gasteiger partial charge in [0.15, 0.2) is 5.65 Å². The normalized spacial score (nSPS) is 17.3. The molecule has 0 spiro atoms. The number of rotatable bonds is 7. The van der Waals surface area contributed by atoms with Gasteiger partial charge in [0, 0.05) is 17.7 Å². The number of hydrogen-bond acceptors (Lipinski definition) is 7. The number of anilines is 1. The molecule has 0 aliphatic heterocycles. The molecule has 196 valence electrons. The third-order valence-electron chi connectivity index (χ3n) is 7.20. The molecule has 1 aliphatic rings. The Bertz CT molecular complexity index is 1460. The summed E-state index contributed by atoms with van der Waals surface area (Å²) in [4.78, 5) is 33.7. The molecule has 38 heavy (non-hydrogen) atoms. The van der Waals surface area contributed by atoms with Gasteiger partial charge in [0.05, 0.1) is 24.0 Å². The fourth-order valence-corrected chi connectivity index (χ4v) is 5.20. The first-order valence-electron chi connectivity index (χ1n) is 13.0. The molecule has 9 nitrogen and oxygen atoms in total. The lowest BCUT2D eigenvalue weighted by atomic mass is 9.86. The largest absolute Gasteiger partial charge is 0.466 e. The summed E-state index contributed by atoms with van der Waals surface area (Å²) in [6.45, 7) is 4.54. The van der Waals surface area contributed by atoms with Gasteiger partial charge in [-0.15, -0.1) is 0 Å². The van der Waals surface area contributed by atoms with Crippen LogP contribution in [0.4, 0.5) is 5.82 Å². The Kier molecular flexibility index (Phi) is 7.35. The molecular formula is C29H32N6O3. The van der Waals surface area contributed by atoms with E-state index in [4.69, 9.17) is 15.6 Å². The number of fused-ring (bicyclic) bond motifs is 1. The lowest BCUT2D eigenvalue weighted by Gasteiger charge is -2.28. The fourth-order valence-electron chi connectivity index (χ4n) is 5.20. The minimum absolute atomic E-state index is 0.0136. The van der Waals surface area contributed by atoms with Crippen LogP contribution in [0.2, 0.25) is 0 Å². The maximum atomic E-state index is 12.6. The number of esters is 1. The lowest BCUT2D eigenvalue weighted by Crippen LogP contribution is -2.27. The zero-order valence-electron chi connectivity index (χ0n) is 21.7. The number of nitrogens with one attached hydrogen (secondary N) is 1. The van der Waals surface area contributed by atoms with E-state index in [0.29, 0.717) is 47.7 Å². The second-order valence-electron chi connectivity index (χ2n) is 9.71. The minimum Gasteiger partial charge on any atom is -0.466 e. The first kappa shape index (κ1) is 25.4. The Hall–Kier alpha value is -4.27. The van der Waals surface area contributed by atoms with E-state index >= 15 is 0 Å². The average molecular weight is 513 g/mol. The van der Waals surface area contributed by atoms with Crippen molar-refractivity contribution in [2.24, 2.45) is 5.92 Å². The minimum atomic E-state index is -0.148. The van der Waals surface area contributed by atoms with Crippen molar-refractivity contribution in [3.63, 3.8) is 0 Å². The van der Waals surface area contributed by atoms with E-state index < -0.39 is 0 Å². The van der Waals surface area contributed by atoms with E-state index in [1.54, 1.807) is 0 Å². The van der Waals surface area contributed by atoms with Gasteiger partial charge < -0.3 is 15.8 Å². The zero-order chi connectivity index (χ0) is 26.6. The molecule has 0 saturated heterocycles. The summed E-state index contributed by atoms with van der Waals surface area (Å²) in [7, 11) is 0. The van der Waals surface area contributed by atoms with Crippen LogP contribution in [-0.2, 0) is 16.1 Å². The van der Waals surface area contributed by atoms with E-state index in [1.165, 1.54) is 6.33 Å². The highest BCUT2D eigenvalue weighted by molar-refractivity contribution is 5.98. The third-order valence-corrected chi connectivity index (χ3v) is 7.20. The number of nitrogen functional groups attached to an aromatic ring is 1. The molecule has 1 amide bonds. The molecule has 1 aliphatic carbocycles. The first-order valence-corrected chi connectivity index (χ1v) is 13.0. The number of carbonyl (C=O) groups is 2. The van der Waals surface area contributed by atoms with Gasteiger partial charge in [-0.1, -0.05) is 48.9 Å². The zero-order valence-corrected chi connectivity index (χ0v) is 21.7. The van der Waals surface area contributed by atoms with Crippen LogP contribution in [0.15, 0.2) is 54.9 Å². The Morgan fingerprint density at radius 3 is 2.66 bits per heavy atom. The van der Waals surface area contributed by atoms with Gasteiger partial charge in [-0.3, -0.25) is 9.59 Å². The van der Waals surface area contributed by atoms with E-state index in [2.05, 4.69) is 15.3 Å². The Balaban J connectivity index is 1.38. The van der Waals surface area contributed by atoms with Gasteiger partial charge in [-0.25, -0.2) is 14.6 Å². The number of nitrogens with two attached hydrogens (primary N) is 1. The third kappa shape index (κ3) is 5.09. The van der Waals surface area contributed by atoms with Gasteiger partial charge >= 0.3 is 5.97 Å². The molecule has 2 atom stereocenters. The van der Waals surface area contributed by atoms with Crippen LogP contribution in [0, 0.1) is 12.8 Å². The van der Waals surface area contributed by atoms with Crippen molar-refractivity contribution in [3.8, 4) is 11.3 Å². The summed E-state index contributed by atoms with van der Waals surface area (Å²) in [5, 5.41) is 8.64. The summed E-state index contributed by atoms with van der Waals surface area (Å²) in [6.07, 6.45) is 4.73. The molecule has 2 unspecified atom stereocenters. The maximum absolute atomic E-state index is 12.6. The standard InChI is InChI=1S/C29H32N6O3/c1-3-38-29(37)21-8-6-9-22(15-21)35-27-24(26(30)32-17-33-27)25(34-35)20-13-11-19(12-14-20)16-31-28(36)23-10-5-4-7-18(23)2/h4-5,7,10-14,17,21-22H,3,6,8-9,15-16H2,1-2H3,(H,31,36)(H2,30,32,33). The van der Waals surface area contributed by atoms with Gasteiger partial charge in [0.1, 0.15) is 17.8 Å². The van der Waals surface area contributed by atoms with Gasteiger partial charge in [0.25, 0.3) is 5.91 Å². The number of nitrogens with zero attached hydrogens (tertiary/aromatic N) is 4. The fraction of sp³-hybridized carbons (Fsp3) is 0.345. The smallest absolute Gasteiger partial charge is 0.308 e. The number of amides is 1. The second-order valence-corrected chi connectivity index (χ2v) is 9.71. The van der Waals surface area contributed by atoms with Crippen molar-refractivity contribution >= 4 is 28.7 Å². The molecule has 0 bridgehead atoms. The van der Waals surface area contributed by atoms with E-state index in [1.807, 2.05) is 67.1 Å². The van der Waals surface area contributed by atoms with Crippen LogP contribution in [0.3, 0.4) is 0 Å². The Labute approximate surface area is 221 Å². The molecule has 0 radical (unpaired) electrons. The highest BCUT2D eigenvalue weighted by Crippen LogP contribution is 2.38.